The fraction of sp³-hybridized carbons (Fsp3) is 0.200. The van der Waals surface area contributed by atoms with Crippen molar-refractivity contribution in [2.75, 3.05) is 5.88 Å². The van der Waals surface area contributed by atoms with Gasteiger partial charge in [-0.2, -0.15) is 5.10 Å². The van der Waals surface area contributed by atoms with Crippen LogP contribution in [0.1, 0.15) is 12.5 Å². The zero-order chi connectivity index (χ0) is 14.1. The molecule has 102 valence electrons. The van der Waals surface area contributed by atoms with E-state index in [1.165, 1.54) is 0 Å². The molecule has 0 saturated carbocycles. The molecular weight excluding hydrogens is 293 g/mol. The second kappa shape index (κ2) is 5.43. The van der Waals surface area contributed by atoms with Crippen molar-refractivity contribution in [3.05, 3.63) is 52.7 Å². The summed E-state index contributed by atoms with van der Waals surface area (Å²) in [5, 5.41) is 6.98. The van der Waals surface area contributed by atoms with Gasteiger partial charge in [-0.1, -0.05) is 23.7 Å². The van der Waals surface area contributed by atoms with Crippen molar-refractivity contribution in [1.82, 2.24) is 5.01 Å². The molecule has 0 fully saturated rings. The van der Waals surface area contributed by atoms with Crippen LogP contribution in [0.25, 0.3) is 5.57 Å². The Kier molecular flexibility index (Phi) is 3.64. The molecule has 2 aliphatic rings. The van der Waals surface area contributed by atoms with Gasteiger partial charge in [-0.05, 0) is 36.3 Å². The molecule has 1 atom stereocenters. The Hall–Kier alpha value is -1.58. The SMILES string of the molecule is CC1=C(c2cccc(Cl)c2)C=NN2C=CC(CCl)=NC12. The zero-order valence-electron chi connectivity index (χ0n) is 10.9. The van der Waals surface area contributed by atoms with Crippen LogP contribution in [-0.2, 0) is 0 Å². The fourth-order valence-electron chi connectivity index (χ4n) is 2.30. The van der Waals surface area contributed by atoms with Gasteiger partial charge in [0.05, 0.1) is 17.8 Å². The van der Waals surface area contributed by atoms with Gasteiger partial charge in [-0.15, -0.1) is 11.6 Å². The standard InChI is InChI=1S/C15H13Cl2N3/c1-10-14(11-3-2-4-12(17)7-11)9-18-20-6-5-13(8-16)19-15(10)20/h2-7,9,15H,8H2,1H3. The molecule has 1 aromatic carbocycles. The van der Waals surface area contributed by atoms with Crippen LogP contribution in [0.2, 0.25) is 5.02 Å². The maximum Gasteiger partial charge on any atom is 0.163 e. The molecule has 2 heterocycles. The summed E-state index contributed by atoms with van der Waals surface area (Å²) in [4.78, 5) is 4.62. The summed E-state index contributed by atoms with van der Waals surface area (Å²) < 4.78 is 0. The molecule has 0 amide bonds. The average molecular weight is 306 g/mol. The Morgan fingerprint density at radius 2 is 2.20 bits per heavy atom. The molecule has 0 saturated heterocycles. The Balaban J connectivity index is 2.03. The average Bonchev–Trinajstić information content (AvgIpc) is 2.47. The molecule has 0 spiro atoms. The molecule has 0 aliphatic carbocycles. The second-order valence-electron chi connectivity index (χ2n) is 4.68. The van der Waals surface area contributed by atoms with Gasteiger partial charge in [0.25, 0.3) is 0 Å². The number of hydrazone groups is 1. The maximum absolute atomic E-state index is 6.06. The minimum atomic E-state index is -0.118. The van der Waals surface area contributed by atoms with Gasteiger partial charge in [0.2, 0.25) is 0 Å². The highest BCUT2D eigenvalue weighted by atomic mass is 35.5. The van der Waals surface area contributed by atoms with Crippen molar-refractivity contribution >= 4 is 40.7 Å². The van der Waals surface area contributed by atoms with Crippen LogP contribution in [0.15, 0.2) is 52.2 Å². The van der Waals surface area contributed by atoms with Crippen LogP contribution in [0, 0.1) is 0 Å². The molecule has 2 aliphatic heterocycles. The first-order valence-electron chi connectivity index (χ1n) is 6.29. The van der Waals surface area contributed by atoms with E-state index >= 15 is 0 Å². The summed E-state index contributed by atoms with van der Waals surface area (Å²) in [5.74, 6) is 0.407. The summed E-state index contributed by atoms with van der Waals surface area (Å²) in [6, 6.07) is 7.76. The molecule has 0 bridgehead atoms. The summed E-state index contributed by atoms with van der Waals surface area (Å²) in [6.45, 7) is 2.06. The van der Waals surface area contributed by atoms with E-state index in [4.69, 9.17) is 23.2 Å². The predicted octanol–water partition coefficient (Wildman–Crippen LogP) is 3.95. The van der Waals surface area contributed by atoms with Gasteiger partial charge in [0.1, 0.15) is 0 Å². The highest BCUT2D eigenvalue weighted by Gasteiger charge is 2.25. The fourth-order valence-corrected chi connectivity index (χ4v) is 2.65. The summed E-state index contributed by atoms with van der Waals surface area (Å²) >= 11 is 11.9. The van der Waals surface area contributed by atoms with Crippen molar-refractivity contribution in [3.8, 4) is 0 Å². The third-order valence-electron chi connectivity index (χ3n) is 3.36. The number of hydrogen-bond acceptors (Lipinski definition) is 3. The second-order valence-corrected chi connectivity index (χ2v) is 5.38. The third-order valence-corrected chi connectivity index (χ3v) is 3.87. The topological polar surface area (TPSA) is 28.0 Å². The number of rotatable bonds is 2. The lowest BCUT2D eigenvalue weighted by Crippen LogP contribution is -2.33. The highest BCUT2D eigenvalue weighted by Crippen LogP contribution is 2.29. The van der Waals surface area contributed by atoms with Gasteiger partial charge in [-0.25, -0.2) is 5.01 Å². The monoisotopic (exact) mass is 305 g/mol. The molecule has 5 heteroatoms. The number of nitrogens with zero attached hydrogens (tertiary/aromatic N) is 3. The van der Waals surface area contributed by atoms with Crippen LogP contribution in [0.5, 0.6) is 0 Å². The van der Waals surface area contributed by atoms with E-state index in [0.29, 0.717) is 10.9 Å². The van der Waals surface area contributed by atoms with E-state index in [9.17, 15) is 0 Å². The molecule has 1 aromatic rings. The van der Waals surface area contributed by atoms with Crippen LogP contribution in [-0.4, -0.2) is 29.0 Å². The minimum Gasteiger partial charge on any atom is -0.257 e. The van der Waals surface area contributed by atoms with Crippen LogP contribution >= 0.6 is 23.2 Å². The normalized spacial score (nSPS) is 21.1. The van der Waals surface area contributed by atoms with Gasteiger partial charge in [0, 0.05) is 16.8 Å². The van der Waals surface area contributed by atoms with Gasteiger partial charge in [-0.3, -0.25) is 4.99 Å². The van der Waals surface area contributed by atoms with Crippen molar-refractivity contribution in [1.29, 1.82) is 0 Å². The Labute approximate surface area is 127 Å². The molecule has 3 rings (SSSR count). The lowest BCUT2D eigenvalue weighted by molar-refractivity contribution is 0.327. The molecule has 0 radical (unpaired) electrons. The minimum absolute atomic E-state index is 0.118. The maximum atomic E-state index is 6.06. The molecule has 0 N–H and O–H groups in total. The molecule has 1 unspecified atom stereocenters. The highest BCUT2D eigenvalue weighted by molar-refractivity contribution is 6.31. The van der Waals surface area contributed by atoms with Crippen molar-refractivity contribution in [2.24, 2.45) is 10.1 Å². The van der Waals surface area contributed by atoms with E-state index in [0.717, 1.165) is 22.4 Å². The van der Waals surface area contributed by atoms with E-state index in [1.54, 1.807) is 0 Å². The Morgan fingerprint density at radius 1 is 1.35 bits per heavy atom. The number of fused-ring (bicyclic) bond motifs is 1. The van der Waals surface area contributed by atoms with E-state index in [-0.39, 0.29) is 6.17 Å². The van der Waals surface area contributed by atoms with Gasteiger partial charge < -0.3 is 0 Å². The molecular formula is C15H13Cl2N3. The van der Waals surface area contributed by atoms with Crippen LogP contribution < -0.4 is 0 Å². The third kappa shape index (κ3) is 2.39. The first-order chi connectivity index (χ1) is 9.69. The largest absolute Gasteiger partial charge is 0.257 e. The quantitative estimate of drug-likeness (QED) is 0.760. The van der Waals surface area contributed by atoms with Crippen molar-refractivity contribution < 1.29 is 0 Å². The van der Waals surface area contributed by atoms with Crippen LogP contribution in [0.4, 0.5) is 0 Å². The summed E-state index contributed by atoms with van der Waals surface area (Å²) in [6.07, 6.45) is 5.53. The number of halogens is 2. The zero-order valence-corrected chi connectivity index (χ0v) is 12.4. The predicted molar refractivity (Wildman–Crippen MR) is 85.5 cm³/mol. The van der Waals surface area contributed by atoms with Crippen LogP contribution in [0.3, 0.4) is 0 Å². The molecule has 3 nitrogen and oxygen atoms in total. The van der Waals surface area contributed by atoms with Gasteiger partial charge >= 0.3 is 0 Å². The number of allylic oxidation sites excluding steroid dienone is 2. The molecule has 0 aromatic heterocycles. The van der Waals surface area contributed by atoms with E-state index in [1.807, 2.05) is 47.8 Å². The number of aliphatic imine (C=N–C) groups is 1. The Bertz CT molecular complexity index is 659. The lowest BCUT2D eigenvalue weighted by Gasteiger charge is -2.31. The van der Waals surface area contributed by atoms with E-state index < -0.39 is 0 Å². The first-order valence-corrected chi connectivity index (χ1v) is 7.20. The Morgan fingerprint density at radius 3 is 2.95 bits per heavy atom. The molecule has 20 heavy (non-hydrogen) atoms. The van der Waals surface area contributed by atoms with Crippen molar-refractivity contribution in [2.45, 2.75) is 13.1 Å². The number of hydrogen-bond donors (Lipinski definition) is 0. The van der Waals surface area contributed by atoms with Gasteiger partial charge in [0.15, 0.2) is 6.17 Å². The first kappa shape index (κ1) is 13.4. The number of alkyl halides is 1. The van der Waals surface area contributed by atoms with E-state index in [2.05, 4.69) is 17.0 Å². The number of benzene rings is 1. The summed E-state index contributed by atoms with van der Waals surface area (Å²) in [7, 11) is 0. The lowest BCUT2D eigenvalue weighted by atomic mass is 9.98. The summed E-state index contributed by atoms with van der Waals surface area (Å²) in [5.41, 5.74) is 4.11. The smallest absolute Gasteiger partial charge is 0.163 e. The van der Waals surface area contributed by atoms with Crippen molar-refractivity contribution in [3.63, 3.8) is 0 Å².